The van der Waals surface area contributed by atoms with Crippen LogP contribution in [0.15, 0.2) is 54.6 Å². The topological polar surface area (TPSA) is 68.6 Å². The van der Waals surface area contributed by atoms with Gasteiger partial charge in [0.1, 0.15) is 11.6 Å². The molecule has 1 aliphatic rings. The number of nitrogens with one attached hydrogen (secondary N) is 1. The number of rotatable bonds is 9. The monoisotopic (exact) mass is 466 g/mol. The number of carbonyl (C=O) groups excluding carboxylic acids is 1. The predicted molar refractivity (Wildman–Crippen MR) is 128 cm³/mol. The summed E-state index contributed by atoms with van der Waals surface area (Å²) < 4.78 is 27.4. The van der Waals surface area contributed by atoms with Crippen LogP contribution in [0.5, 0.6) is 11.6 Å². The van der Waals surface area contributed by atoms with Crippen LogP contribution in [0.1, 0.15) is 37.9 Å². The van der Waals surface area contributed by atoms with Gasteiger partial charge >= 0.3 is 6.03 Å². The van der Waals surface area contributed by atoms with E-state index in [4.69, 9.17) is 14.6 Å². The first-order valence-electron chi connectivity index (χ1n) is 11.8. The summed E-state index contributed by atoms with van der Waals surface area (Å²) in [4.78, 5) is 14.7. The highest BCUT2D eigenvalue weighted by Crippen LogP contribution is 2.32. The molecular weight excluding hydrogens is 435 g/mol. The maximum Gasteiger partial charge on any atom is 0.317 e. The number of amides is 2. The molecule has 2 heterocycles. The van der Waals surface area contributed by atoms with E-state index in [1.54, 1.807) is 21.7 Å². The average Bonchev–Trinajstić information content (AvgIpc) is 3.48. The van der Waals surface area contributed by atoms with Crippen molar-refractivity contribution < 1.29 is 18.7 Å². The van der Waals surface area contributed by atoms with E-state index in [-0.39, 0.29) is 18.0 Å². The number of carbonyl (C=O) groups is 1. The highest BCUT2D eigenvalue weighted by molar-refractivity contribution is 5.74. The molecule has 2 aromatic carbocycles. The standard InChI is InChI=1S/C26H31FN4O3/c1-3-24-23(18-30(26(32)28-4-2)17-22-11-8-16-33-22)25(34-21-9-6-5-7-10-21)31(29-24)20-14-12-19(27)13-15-20/h5-7,9-10,12-15,22H,3-4,8,11,16-18H2,1-2H3,(H,28,32)/t22-/m1/s1. The van der Waals surface area contributed by atoms with Gasteiger partial charge in [0.05, 0.1) is 29.6 Å². The van der Waals surface area contributed by atoms with E-state index < -0.39 is 0 Å². The van der Waals surface area contributed by atoms with Gasteiger partial charge in [-0.2, -0.15) is 5.10 Å². The third-order valence-electron chi connectivity index (χ3n) is 5.80. The number of aromatic nitrogens is 2. The van der Waals surface area contributed by atoms with Crippen LogP contribution in [-0.2, 0) is 17.7 Å². The maximum atomic E-state index is 13.6. The Morgan fingerprint density at radius 1 is 1.21 bits per heavy atom. The molecule has 0 unspecified atom stereocenters. The van der Waals surface area contributed by atoms with E-state index in [1.165, 1.54) is 12.1 Å². The lowest BCUT2D eigenvalue weighted by Crippen LogP contribution is -2.43. The number of benzene rings is 2. The van der Waals surface area contributed by atoms with Gasteiger partial charge in [-0.3, -0.25) is 0 Å². The van der Waals surface area contributed by atoms with Crippen molar-refractivity contribution in [3.63, 3.8) is 0 Å². The predicted octanol–water partition coefficient (Wildman–Crippen LogP) is 5.08. The van der Waals surface area contributed by atoms with Crippen LogP contribution in [-0.4, -0.2) is 46.5 Å². The lowest BCUT2D eigenvalue weighted by Gasteiger charge is -2.26. The zero-order chi connectivity index (χ0) is 23.9. The van der Waals surface area contributed by atoms with Gasteiger partial charge in [0.25, 0.3) is 0 Å². The summed E-state index contributed by atoms with van der Waals surface area (Å²) in [6, 6.07) is 15.4. The Morgan fingerprint density at radius 2 is 1.97 bits per heavy atom. The number of ether oxygens (including phenoxy) is 2. The normalized spacial score (nSPS) is 15.3. The van der Waals surface area contributed by atoms with Crippen LogP contribution < -0.4 is 10.1 Å². The zero-order valence-corrected chi connectivity index (χ0v) is 19.7. The van der Waals surface area contributed by atoms with Gasteiger partial charge in [-0.05, 0) is 62.6 Å². The van der Waals surface area contributed by atoms with Gasteiger partial charge in [-0.15, -0.1) is 0 Å². The summed E-state index contributed by atoms with van der Waals surface area (Å²) in [7, 11) is 0. The fraction of sp³-hybridized carbons (Fsp3) is 0.385. The minimum atomic E-state index is -0.323. The quantitative estimate of drug-likeness (QED) is 0.478. The summed E-state index contributed by atoms with van der Waals surface area (Å²) in [6.45, 7) is 5.97. The molecule has 7 nitrogen and oxygen atoms in total. The van der Waals surface area contributed by atoms with Crippen molar-refractivity contribution in [3.05, 3.63) is 71.7 Å². The molecule has 1 saturated heterocycles. The third kappa shape index (κ3) is 5.56. The molecule has 8 heteroatoms. The zero-order valence-electron chi connectivity index (χ0n) is 19.7. The lowest BCUT2D eigenvalue weighted by atomic mass is 10.1. The summed E-state index contributed by atoms with van der Waals surface area (Å²) in [5, 5.41) is 7.71. The van der Waals surface area contributed by atoms with Crippen LogP contribution in [0.2, 0.25) is 0 Å². The minimum Gasteiger partial charge on any atom is -0.439 e. The molecule has 4 rings (SSSR count). The molecule has 2 amide bonds. The first kappa shape index (κ1) is 23.8. The minimum absolute atomic E-state index is 0.0123. The number of urea groups is 1. The molecule has 1 atom stereocenters. The van der Waals surface area contributed by atoms with Gasteiger partial charge < -0.3 is 19.7 Å². The third-order valence-corrected chi connectivity index (χ3v) is 5.80. The molecule has 0 radical (unpaired) electrons. The van der Waals surface area contributed by atoms with Crippen LogP contribution >= 0.6 is 0 Å². The average molecular weight is 467 g/mol. The van der Waals surface area contributed by atoms with Gasteiger partial charge in [0, 0.05) is 19.7 Å². The van der Waals surface area contributed by atoms with Crippen molar-refractivity contribution >= 4 is 6.03 Å². The molecule has 0 saturated carbocycles. The Bertz CT molecular complexity index is 1080. The van der Waals surface area contributed by atoms with Gasteiger partial charge in [0.2, 0.25) is 5.88 Å². The lowest BCUT2D eigenvalue weighted by molar-refractivity contribution is 0.0793. The number of halogens is 1. The summed E-state index contributed by atoms with van der Waals surface area (Å²) in [5.74, 6) is 0.839. The van der Waals surface area contributed by atoms with Gasteiger partial charge in [-0.25, -0.2) is 13.9 Å². The molecule has 0 bridgehead atoms. The number of nitrogens with zero attached hydrogens (tertiary/aromatic N) is 3. The second-order valence-corrected chi connectivity index (χ2v) is 8.24. The van der Waals surface area contributed by atoms with Crippen LogP contribution in [0.4, 0.5) is 9.18 Å². The van der Waals surface area contributed by atoms with Gasteiger partial charge in [0.15, 0.2) is 0 Å². The first-order chi connectivity index (χ1) is 16.6. The molecule has 1 aromatic heterocycles. The van der Waals surface area contributed by atoms with Crippen molar-refractivity contribution in [3.8, 4) is 17.3 Å². The fourth-order valence-corrected chi connectivity index (χ4v) is 4.09. The first-order valence-corrected chi connectivity index (χ1v) is 11.8. The van der Waals surface area contributed by atoms with Crippen LogP contribution in [0, 0.1) is 5.82 Å². The van der Waals surface area contributed by atoms with Crippen molar-refractivity contribution in [2.45, 2.75) is 45.8 Å². The van der Waals surface area contributed by atoms with Crippen LogP contribution in [0.3, 0.4) is 0 Å². The maximum absolute atomic E-state index is 13.6. The Balaban J connectivity index is 1.75. The Hall–Kier alpha value is -3.39. The SMILES string of the molecule is CCNC(=O)N(Cc1c(CC)nn(-c2ccc(F)cc2)c1Oc1ccccc1)C[C@H]1CCCO1. The van der Waals surface area contributed by atoms with E-state index in [1.807, 2.05) is 44.2 Å². The summed E-state index contributed by atoms with van der Waals surface area (Å²) in [6.07, 6.45) is 2.59. The second-order valence-electron chi connectivity index (χ2n) is 8.24. The molecule has 0 aliphatic carbocycles. The molecule has 34 heavy (non-hydrogen) atoms. The van der Waals surface area contributed by atoms with E-state index in [0.717, 1.165) is 30.7 Å². The Kier molecular flexibility index (Phi) is 7.80. The number of para-hydroxylation sites is 1. The van der Waals surface area contributed by atoms with E-state index in [2.05, 4.69) is 5.32 Å². The fourth-order valence-electron chi connectivity index (χ4n) is 4.09. The number of hydrogen-bond donors (Lipinski definition) is 1. The highest BCUT2D eigenvalue weighted by Gasteiger charge is 2.27. The summed E-state index contributed by atoms with van der Waals surface area (Å²) in [5.41, 5.74) is 2.31. The highest BCUT2D eigenvalue weighted by atomic mass is 19.1. The van der Waals surface area contributed by atoms with Gasteiger partial charge in [-0.1, -0.05) is 25.1 Å². The summed E-state index contributed by atoms with van der Waals surface area (Å²) >= 11 is 0. The van der Waals surface area contributed by atoms with Crippen molar-refractivity contribution in [1.29, 1.82) is 0 Å². The van der Waals surface area contributed by atoms with Crippen molar-refractivity contribution in [2.75, 3.05) is 19.7 Å². The Morgan fingerprint density at radius 3 is 2.62 bits per heavy atom. The molecular formula is C26H31FN4O3. The largest absolute Gasteiger partial charge is 0.439 e. The van der Waals surface area contributed by atoms with Crippen molar-refractivity contribution in [2.24, 2.45) is 0 Å². The second kappa shape index (κ2) is 11.2. The molecule has 1 fully saturated rings. The molecule has 3 aromatic rings. The van der Waals surface area contributed by atoms with Crippen LogP contribution in [0.25, 0.3) is 5.69 Å². The Labute approximate surface area is 199 Å². The number of aryl methyl sites for hydroxylation is 1. The molecule has 1 aliphatic heterocycles. The molecule has 0 spiro atoms. The van der Waals surface area contributed by atoms with Crippen molar-refractivity contribution in [1.82, 2.24) is 20.0 Å². The van der Waals surface area contributed by atoms with E-state index in [0.29, 0.717) is 43.4 Å². The van der Waals surface area contributed by atoms with E-state index in [9.17, 15) is 9.18 Å². The van der Waals surface area contributed by atoms with E-state index >= 15 is 0 Å². The number of hydrogen-bond acceptors (Lipinski definition) is 4. The molecule has 180 valence electrons. The molecule has 1 N–H and O–H groups in total. The smallest absolute Gasteiger partial charge is 0.317 e.